The van der Waals surface area contributed by atoms with Gasteiger partial charge in [-0.25, -0.2) is 0 Å². The molecule has 1 aromatic heterocycles. The first-order chi connectivity index (χ1) is 11.6. The molecule has 0 spiro atoms. The van der Waals surface area contributed by atoms with E-state index in [-0.39, 0.29) is 11.9 Å². The van der Waals surface area contributed by atoms with Crippen LogP contribution in [-0.4, -0.2) is 40.1 Å². The molecule has 5 nitrogen and oxygen atoms in total. The minimum absolute atomic E-state index is 0.129. The minimum atomic E-state index is 0.129. The minimum Gasteiger partial charge on any atom is -0.310 e. The fourth-order valence-electron chi connectivity index (χ4n) is 2.86. The summed E-state index contributed by atoms with van der Waals surface area (Å²) in [5.41, 5.74) is 1.04. The van der Waals surface area contributed by atoms with Crippen molar-refractivity contribution in [2.75, 3.05) is 18.0 Å². The fraction of sp³-hybridized carbons (Fsp3) is 0.444. The Bertz CT molecular complexity index is 673. The highest BCUT2D eigenvalue weighted by Gasteiger charge is 2.24. The summed E-state index contributed by atoms with van der Waals surface area (Å²) in [6.07, 6.45) is 4.71. The van der Waals surface area contributed by atoms with Crippen molar-refractivity contribution >= 4 is 23.4 Å². The zero-order valence-electron chi connectivity index (χ0n) is 14.2. The van der Waals surface area contributed by atoms with Crippen LogP contribution in [0.15, 0.2) is 47.6 Å². The zero-order valence-corrected chi connectivity index (χ0v) is 15.0. The average molecular weight is 344 g/mol. The molecule has 2 aromatic rings. The summed E-state index contributed by atoms with van der Waals surface area (Å²) in [7, 11) is 0. The van der Waals surface area contributed by atoms with Crippen molar-refractivity contribution in [1.29, 1.82) is 0 Å². The van der Waals surface area contributed by atoms with Gasteiger partial charge in [0, 0.05) is 35.1 Å². The summed E-state index contributed by atoms with van der Waals surface area (Å²) >= 11 is 1.86. The van der Waals surface area contributed by atoms with Gasteiger partial charge in [-0.2, -0.15) is 5.10 Å². The summed E-state index contributed by atoms with van der Waals surface area (Å²) in [6, 6.07) is 10.3. The maximum atomic E-state index is 12.8. The van der Waals surface area contributed by atoms with Crippen molar-refractivity contribution in [2.45, 2.75) is 43.0 Å². The molecule has 1 aliphatic heterocycles. The van der Waals surface area contributed by atoms with E-state index in [4.69, 9.17) is 0 Å². The lowest BCUT2D eigenvalue weighted by Crippen LogP contribution is -2.42. The van der Waals surface area contributed by atoms with Crippen molar-refractivity contribution in [3.05, 3.63) is 42.7 Å². The van der Waals surface area contributed by atoms with Gasteiger partial charge in [-0.1, -0.05) is 19.1 Å². The number of benzene rings is 1. The molecule has 2 heterocycles. The third kappa shape index (κ3) is 4.19. The van der Waals surface area contributed by atoms with Crippen molar-refractivity contribution in [2.24, 2.45) is 0 Å². The monoisotopic (exact) mass is 344 g/mol. The predicted molar refractivity (Wildman–Crippen MR) is 98.4 cm³/mol. The van der Waals surface area contributed by atoms with Crippen molar-refractivity contribution in [3.8, 4) is 0 Å². The number of nitrogens with one attached hydrogen (secondary N) is 1. The number of nitrogens with zero attached hydrogens (tertiary/aromatic N) is 3. The topological polar surface area (TPSA) is 50.2 Å². The molecule has 0 aliphatic carbocycles. The maximum Gasteiger partial charge on any atom is 0.240 e. The molecule has 0 saturated heterocycles. The average Bonchev–Trinajstić information content (AvgIpc) is 3.01. The van der Waals surface area contributed by atoms with Crippen LogP contribution in [-0.2, 0) is 11.3 Å². The molecule has 3 rings (SSSR count). The molecule has 1 aliphatic rings. The number of anilines is 1. The number of fused-ring (bicyclic) bond motifs is 1. The second-order valence-electron chi connectivity index (χ2n) is 6.24. The summed E-state index contributed by atoms with van der Waals surface area (Å²) in [6.45, 7) is 6.17. The van der Waals surface area contributed by atoms with Gasteiger partial charge >= 0.3 is 0 Å². The Morgan fingerprint density at radius 2 is 2.25 bits per heavy atom. The van der Waals surface area contributed by atoms with E-state index in [2.05, 4.69) is 30.3 Å². The molecule has 0 saturated carbocycles. The second kappa shape index (κ2) is 7.85. The molecule has 0 unspecified atom stereocenters. The number of carbonyl (C=O) groups excluding carboxylic acids is 1. The first-order valence-corrected chi connectivity index (χ1v) is 9.28. The normalized spacial score (nSPS) is 18.8. The van der Waals surface area contributed by atoms with Crippen LogP contribution in [0.4, 0.5) is 5.69 Å². The molecule has 128 valence electrons. The maximum absolute atomic E-state index is 12.8. The largest absolute Gasteiger partial charge is 0.310 e. The van der Waals surface area contributed by atoms with Crippen LogP contribution < -0.4 is 10.2 Å². The molecule has 24 heavy (non-hydrogen) atoms. The smallest absolute Gasteiger partial charge is 0.240 e. The highest BCUT2D eigenvalue weighted by Crippen LogP contribution is 2.37. The SMILES string of the molecule is C[C@@H]1CCN(C(=O)CN[C@@H](C)Cn2cccn2)c2ccccc2S1. The molecule has 0 fully saturated rings. The Labute approximate surface area is 147 Å². The fourth-order valence-corrected chi connectivity index (χ4v) is 3.97. The number of para-hydroxylation sites is 1. The summed E-state index contributed by atoms with van der Waals surface area (Å²) < 4.78 is 1.88. The van der Waals surface area contributed by atoms with E-state index in [1.807, 2.05) is 51.8 Å². The lowest BCUT2D eigenvalue weighted by Gasteiger charge is -2.24. The van der Waals surface area contributed by atoms with Gasteiger partial charge in [0.15, 0.2) is 0 Å². The Morgan fingerprint density at radius 3 is 3.04 bits per heavy atom. The van der Waals surface area contributed by atoms with Gasteiger partial charge in [0.2, 0.25) is 5.91 Å². The van der Waals surface area contributed by atoms with Crippen LogP contribution in [0.5, 0.6) is 0 Å². The Balaban J connectivity index is 1.62. The van der Waals surface area contributed by atoms with Crippen LogP contribution in [0.25, 0.3) is 0 Å². The van der Waals surface area contributed by atoms with Crippen LogP contribution >= 0.6 is 11.8 Å². The Hall–Kier alpha value is -1.79. The van der Waals surface area contributed by atoms with E-state index in [9.17, 15) is 4.79 Å². The number of rotatable bonds is 5. The lowest BCUT2D eigenvalue weighted by molar-refractivity contribution is -0.118. The molecule has 0 bridgehead atoms. The standard InChI is InChI=1S/C18H24N4OS/c1-14(13-21-10-5-9-20-21)19-12-18(23)22-11-8-15(2)24-17-7-4-3-6-16(17)22/h3-7,9-10,14-15,19H,8,11-13H2,1-2H3/t14-,15+/m0/s1. The first-order valence-electron chi connectivity index (χ1n) is 8.40. The number of aromatic nitrogens is 2. The van der Waals surface area contributed by atoms with Crippen molar-refractivity contribution in [1.82, 2.24) is 15.1 Å². The Kier molecular flexibility index (Phi) is 5.58. The van der Waals surface area contributed by atoms with Gasteiger partial charge in [0.25, 0.3) is 0 Å². The third-order valence-corrected chi connectivity index (χ3v) is 5.40. The van der Waals surface area contributed by atoms with E-state index in [0.29, 0.717) is 11.8 Å². The van der Waals surface area contributed by atoms with Crippen molar-refractivity contribution in [3.63, 3.8) is 0 Å². The summed E-state index contributed by atoms with van der Waals surface area (Å²) in [5, 5.41) is 8.05. The van der Waals surface area contributed by atoms with Gasteiger partial charge in [-0.3, -0.25) is 9.48 Å². The van der Waals surface area contributed by atoms with Crippen LogP contribution in [0.3, 0.4) is 0 Å². The van der Waals surface area contributed by atoms with Gasteiger partial charge < -0.3 is 10.2 Å². The number of amides is 1. The van der Waals surface area contributed by atoms with Gasteiger partial charge in [0.1, 0.15) is 0 Å². The zero-order chi connectivity index (χ0) is 16.9. The summed E-state index contributed by atoms with van der Waals surface area (Å²) in [4.78, 5) is 15.9. The molecule has 1 N–H and O–H groups in total. The van der Waals surface area contributed by atoms with Crippen LogP contribution in [0.1, 0.15) is 20.3 Å². The third-order valence-electron chi connectivity index (χ3n) is 4.17. The van der Waals surface area contributed by atoms with Crippen molar-refractivity contribution < 1.29 is 4.79 Å². The lowest BCUT2D eigenvalue weighted by atomic mass is 10.2. The molecule has 6 heteroatoms. The van der Waals surface area contributed by atoms with E-state index in [1.165, 1.54) is 4.90 Å². The number of hydrogen-bond acceptors (Lipinski definition) is 4. The van der Waals surface area contributed by atoms with E-state index in [0.717, 1.165) is 25.2 Å². The van der Waals surface area contributed by atoms with E-state index < -0.39 is 0 Å². The van der Waals surface area contributed by atoms with Gasteiger partial charge in [-0.05, 0) is 31.5 Å². The molecule has 1 amide bonds. The van der Waals surface area contributed by atoms with E-state index >= 15 is 0 Å². The van der Waals surface area contributed by atoms with Crippen LogP contribution in [0, 0.1) is 0 Å². The molecular weight excluding hydrogens is 320 g/mol. The number of carbonyl (C=O) groups is 1. The Morgan fingerprint density at radius 1 is 1.42 bits per heavy atom. The first kappa shape index (κ1) is 17.0. The van der Waals surface area contributed by atoms with Gasteiger partial charge in [-0.15, -0.1) is 11.8 Å². The molecule has 1 aromatic carbocycles. The van der Waals surface area contributed by atoms with E-state index in [1.54, 1.807) is 6.20 Å². The highest BCUT2D eigenvalue weighted by atomic mass is 32.2. The molecule has 2 atom stereocenters. The molecular formula is C18H24N4OS. The quantitative estimate of drug-likeness (QED) is 0.906. The van der Waals surface area contributed by atoms with Gasteiger partial charge in [0.05, 0.1) is 18.8 Å². The number of hydrogen-bond donors (Lipinski definition) is 1. The second-order valence-corrected chi connectivity index (χ2v) is 7.72. The molecule has 0 radical (unpaired) electrons. The number of thioether (sulfide) groups is 1. The van der Waals surface area contributed by atoms with Crippen LogP contribution in [0.2, 0.25) is 0 Å². The highest BCUT2D eigenvalue weighted by molar-refractivity contribution is 8.00. The summed E-state index contributed by atoms with van der Waals surface area (Å²) in [5.74, 6) is 0.129. The predicted octanol–water partition coefficient (Wildman–Crippen LogP) is 2.78.